The van der Waals surface area contributed by atoms with Crippen molar-refractivity contribution in [1.82, 2.24) is 10.2 Å². The molecule has 1 heterocycles. The minimum Gasteiger partial charge on any atom is -0.313 e. The number of likely N-dealkylation sites (tertiary alicyclic amines) is 1. The first-order chi connectivity index (χ1) is 7.44. The topological polar surface area (TPSA) is 15.3 Å². The smallest absolute Gasteiger partial charge is 0.0192 e. The molecule has 2 unspecified atom stereocenters. The van der Waals surface area contributed by atoms with Crippen LogP contribution in [0.1, 0.15) is 53.9 Å². The van der Waals surface area contributed by atoms with Gasteiger partial charge < -0.3 is 5.32 Å². The van der Waals surface area contributed by atoms with Crippen molar-refractivity contribution in [3.05, 3.63) is 0 Å². The predicted octanol–water partition coefficient (Wildman–Crippen LogP) is 2.89. The summed E-state index contributed by atoms with van der Waals surface area (Å²) >= 11 is 0. The summed E-state index contributed by atoms with van der Waals surface area (Å²) in [7, 11) is 0. The fourth-order valence-electron chi connectivity index (χ4n) is 2.57. The number of hydrogen-bond acceptors (Lipinski definition) is 2. The van der Waals surface area contributed by atoms with Crippen molar-refractivity contribution >= 4 is 0 Å². The molecule has 0 bridgehead atoms. The van der Waals surface area contributed by atoms with Crippen molar-refractivity contribution in [2.24, 2.45) is 5.41 Å². The Hall–Kier alpha value is -0.0800. The normalized spacial score (nSPS) is 24.6. The van der Waals surface area contributed by atoms with Gasteiger partial charge in [-0.2, -0.15) is 0 Å². The first-order valence-electron chi connectivity index (χ1n) is 6.92. The zero-order chi connectivity index (χ0) is 12.2. The molecule has 16 heavy (non-hydrogen) atoms. The average molecular weight is 226 g/mol. The fourth-order valence-corrected chi connectivity index (χ4v) is 2.57. The molecular weight excluding hydrogens is 196 g/mol. The van der Waals surface area contributed by atoms with Gasteiger partial charge in [0.2, 0.25) is 0 Å². The minimum atomic E-state index is 0.531. The van der Waals surface area contributed by atoms with Gasteiger partial charge in [0.05, 0.1) is 0 Å². The van der Waals surface area contributed by atoms with Crippen molar-refractivity contribution in [2.75, 3.05) is 19.6 Å². The van der Waals surface area contributed by atoms with Crippen LogP contribution in [-0.4, -0.2) is 36.6 Å². The Kier molecular flexibility index (Phi) is 5.26. The van der Waals surface area contributed by atoms with Crippen LogP contribution < -0.4 is 5.32 Å². The van der Waals surface area contributed by atoms with Gasteiger partial charge in [-0.3, -0.25) is 4.90 Å². The number of hydrogen-bond donors (Lipinski definition) is 1. The molecule has 1 fully saturated rings. The second-order valence-electron chi connectivity index (χ2n) is 6.33. The number of rotatable bonds is 6. The third-order valence-corrected chi connectivity index (χ3v) is 3.81. The zero-order valence-corrected chi connectivity index (χ0v) is 11.8. The second-order valence-corrected chi connectivity index (χ2v) is 6.33. The summed E-state index contributed by atoms with van der Waals surface area (Å²) in [6.45, 7) is 15.3. The molecule has 0 spiro atoms. The highest BCUT2D eigenvalue weighted by atomic mass is 15.2. The van der Waals surface area contributed by atoms with E-state index >= 15 is 0 Å². The van der Waals surface area contributed by atoms with Crippen LogP contribution in [0.2, 0.25) is 0 Å². The lowest BCUT2D eigenvalue weighted by Crippen LogP contribution is -2.42. The molecule has 2 nitrogen and oxygen atoms in total. The van der Waals surface area contributed by atoms with Gasteiger partial charge in [0.25, 0.3) is 0 Å². The fraction of sp³-hybridized carbons (Fsp3) is 1.00. The molecule has 1 N–H and O–H groups in total. The third kappa shape index (κ3) is 4.42. The van der Waals surface area contributed by atoms with Crippen molar-refractivity contribution in [3.63, 3.8) is 0 Å². The summed E-state index contributed by atoms with van der Waals surface area (Å²) < 4.78 is 0. The molecular formula is C14H30N2. The summed E-state index contributed by atoms with van der Waals surface area (Å²) in [5.74, 6) is 0. The molecule has 96 valence electrons. The summed E-state index contributed by atoms with van der Waals surface area (Å²) in [5.41, 5.74) is 0.531. The van der Waals surface area contributed by atoms with Crippen LogP contribution in [0, 0.1) is 5.41 Å². The molecule has 0 aromatic carbocycles. The standard InChI is InChI=1S/C14H30N2/c1-6-7-12(2)15-10-13(3)16-9-8-14(4,5)11-16/h12-13,15H,6-11H2,1-5H3. The van der Waals surface area contributed by atoms with Crippen LogP contribution in [-0.2, 0) is 0 Å². The Balaban J connectivity index is 2.23. The van der Waals surface area contributed by atoms with Crippen molar-refractivity contribution < 1.29 is 0 Å². The Bertz CT molecular complexity index is 201. The highest BCUT2D eigenvalue weighted by Crippen LogP contribution is 2.29. The van der Waals surface area contributed by atoms with E-state index in [4.69, 9.17) is 0 Å². The quantitative estimate of drug-likeness (QED) is 0.749. The zero-order valence-electron chi connectivity index (χ0n) is 11.8. The molecule has 0 aromatic heterocycles. The van der Waals surface area contributed by atoms with Crippen LogP contribution in [0.15, 0.2) is 0 Å². The van der Waals surface area contributed by atoms with E-state index in [9.17, 15) is 0 Å². The SMILES string of the molecule is CCCC(C)NCC(C)N1CCC(C)(C)C1. The van der Waals surface area contributed by atoms with Crippen LogP contribution in [0.4, 0.5) is 0 Å². The largest absolute Gasteiger partial charge is 0.313 e. The highest BCUT2D eigenvalue weighted by molar-refractivity contribution is 4.86. The van der Waals surface area contributed by atoms with E-state index in [0.29, 0.717) is 17.5 Å². The van der Waals surface area contributed by atoms with Crippen molar-refractivity contribution in [2.45, 2.75) is 66.0 Å². The first-order valence-corrected chi connectivity index (χ1v) is 6.92. The maximum atomic E-state index is 3.65. The van der Waals surface area contributed by atoms with Crippen LogP contribution in [0.5, 0.6) is 0 Å². The van der Waals surface area contributed by atoms with Gasteiger partial charge in [0.1, 0.15) is 0 Å². The summed E-state index contributed by atoms with van der Waals surface area (Å²) in [6.07, 6.45) is 3.92. The van der Waals surface area contributed by atoms with E-state index in [0.717, 1.165) is 6.54 Å². The van der Waals surface area contributed by atoms with Gasteiger partial charge in [0, 0.05) is 25.2 Å². The Labute approximate surface area is 102 Å². The van der Waals surface area contributed by atoms with Gasteiger partial charge in [-0.25, -0.2) is 0 Å². The second kappa shape index (κ2) is 6.02. The average Bonchev–Trinajstić information content (AvgIpc) is 2.56. The van der Waals surface area contributed by atoms with E-state index in [1.165, 1.54) is 32.4 Å². The summed E-state index contributed by atoms with van der Waals surface area (Å²) in [4.78, 5) is 2.63. The minimum absolute atomic E-state index is 0.531. The lowest BCUT2D eigenvalue weighted by Gasteiger charge is -2.27. The first kappa shape index (κ1) is 14.0. The van der Waals surface area contributed by atoms with E-state index in [-0.39, 0.29) is 0 Å². The maximum Gasteiger partial charge on any atom is 0.0192 e. The number of nitrogens with zero attached hydrogens (tertiary/aromatic N) is 1. The van der Waals surface area contributed by atoms with Gasteiger partial charge in [0.15, 0.2) is 0 Å². The van der Waals surface area contributed by atoms with Crippen molar-refractivity contribution in [1.29, 1.82) is 0 Å². The Morgan fingerprint density at radius 1 is 1.31 bits per heavy atom. The molecule has 2 heteroatoms. The monoisotopic (exact) mass is 226 g/mol. The van der Waals surface area contributed by atoms with Gasteiger partial charge in [-0.1, -0.05) is 27.2 Å². The molecule has 0 radical (unpaired) electrons. The summed E-state index contributed by atoms with van der Waals surface area (Å²) in [5, 5.41) is 3.65. The van der Waals surface area contributed by atoms with E-state index in [1.807, 2.05) is 0 Å². The predicted molar refractivity (Wildman–Crippen MR) is 71.8 cm³/mol. The molecule has 0 aliphatic carbocycles. The van der Waals surface area contributed by atoms with E-state index < -0.39 is 0 Å². The van der Waals surface area contributed by atoms with Gasteiger partial charge in [-0.15, -0.1) is 0 Å². The van der Waals surface area contributed by atoms with Gasteiger partial charge >= 0.3 is 0 Å². The lowest BCUT2D eigenvalue weighted by atomic mass is 9.93. The van der Waals surface area contributed by atoms with E-state index in [2.05, 4.69) is 44.8 Å². The molecule has 1 aliphatic rings. The highest BCUT2D eigenvalue weighted by Gasteiger charge is 2.31. The van der Waals surface area contributed by atoms with Gasteiger partial charge in [-0.05, 0) is 38.6 Å². The van der Waals surface area contributed by atoms with Crippen LogP contribution in [0.3, 0.4) is 0 Å². The van der Waals surface area contributed by atoms with Crippen LogP contribution in [0.25, 0.3) is 0 Å². The van der Waals surface area contributed by atoms with E-state index in [1.54, 1.807) is 0 Å². The summed E-state index contributed by atoms with van der Waals surface area (Å²) in [6, 6.07) is 1.35. The maximum absolute atomic E-state index is 3.65. The molecule has 2 atom stereocenters. The Morgan fingerprint density at radius 3 is 2.50 bits per heavy atom. The van der Waals surface area contributed by atoms with Crippen LogP contribution >= 0.6 is 0 Å². The molecule has 0 saturated carbocycles. The molecule has 1 saturated heterocycles. The molecule has 0 aromatic rings. The number of nitrogens with one attached hydrogen (secondary N) is 1. The van der Waals surface area contributed by atoms with Crippen molar-refractivity contribution in [3.8, 4) is 0 Å². The molecule has 1 rings (SSSR count). The lowest BCUT2D eigenvalue weighted by molar-refractivity contribution is 0.220. The molecule has 0 amide bonds. The molecule has 1 aliphatic heterocycles. The third-order valence-electron chi connectivity index (χ3n) is 3.81. The Morgan fingerprint density at radius 2 is 2.00 bits per heavy atom.